The van der Waals surface area contributed by atoms with Crippen molar-refractivity contribution >= 4 is 5.97 Å². The second kappa shape index (κ2) is 3.59. The van der Waals surface area contributed by atoms with Gasteiger partial charge in [-0.25, -0.2) is 0 Å². The minimum absolute atomic E-state index is 0.512. The number of aliphatic carboxylic acids is 1. The SMILES string of the molecule is O=C(O)C1NCCc2c(C3CC3)cccc21. The topological polar surface area (TPSA) is 49.3 Å². The molecular formula is C13H15NO2. The highest BCUT2D eigenvalue weighted by Gasteiger charge is 2.31. The van der Waals surface area contributed by atoms with Gasteiger partial charge in [-0.05, 0) is 41.9 Å². The normalized spacial score (nSPS) is 23.9. The summed E-state index contributed by atoms with van der Waals surface area (Å²) < 4.78 is 0. The van der Waals surface area contributed by atoms with E-state index in [1.807, 2.05) is 12.1 Å². The first-order chi connectivity index (χ1) is 7.77. The van der Waals surface area contributed by atoms with Crippen molar-refractivity contribution < 1.29 is 9.90 Å². The molecule has 0 amide bonds. The lowest BCUT2D eigenvalue weighted by Gasteiger charge is -2.25. The summed E-state index contributed by atoms with van der Waals surface area (Å²) in [6.07, 6.45) is 3.50. The second-order valence-corrected chi connectivity index (χ2v) is 4.66. The van der Waals surface area contributed by atoms with Crippen molar-refractivity contribution in [1.82, 2.24) is 5.32 Å². The van der Waals surface area contributed by atoms with Crippen molar-refractivity contribution in [2.45, 2.75) is 31.2 Å². The molecule has 3 rings (SSSR count). The molecule has 1 heterocycles. The van der Waals surface area contributed by atoms with E-state index in [1.54, 1.807) is 0 Å². The first-order valence-corrected chi connectivity index (χ1v) is 5.85. The summed E-state index contributed by atoms with van der Waals surface area (Å²) in [6, 6.07) is 5.60. The number of hydrogen-bond acceptors (Lipinski definition) is 2. The summed E-state index contributed by atoms with van der Waals surface area (Å²) in [5, 5.41) is 12.2. The monoisotopic (exact) mass is 217 g/mol. The van der Waals surface area contributed by atoms with Gasteiger partial charge in [-0.3, -0.25) is 4.79 Å². The van der Waals surface area contributed by atoms with E-state index in [-0.39, 0.29) is 0 Å². The van der Waals surface area contributed by atoms with E-state index in [0.29, 0.717) is 5.92 Å². The zero-order valence-corrected chi connectivity index (χ0v) is 9.07. The smallest absolute Gasteiger partial charge is 0.325 e. The molecule has 2 N–H and O–H groups in total. The molecule has 1 aliphatic carbocycles. The van der Waals surface area contributed by atoms with Crippen LogP contribution in [0.2, 0.25) is 0 Å². The predicted octanol–water partition coefficient (Wildman–Crippen LogP) is 1.84. The maximum absolute atomic E-state index is 11.2. The molecule has 0 saturated heterocycles. The number of carboxylic acids is 1. The number of benzene rings is 1. The zero-order valence-electron chi connectivity index (χ0n) is 9.07. The van der Waals surface area contributed by atoms with Gasteiger partial charge >= 0.3 is 5.97 Å². The van der Waals surface area contributed by atoms with Crippen LogP contribution in [0.25, 0.3) is 0 Å². The molecule has 0 bridgehead atoms. The second-order valence-electron chi connectivity index (χ2n) is 4.66. The number of carboxylic acid groups (broad SMARTS) is 1. The molecule has 16 heavy (non-hydrogen) atoms. The average Bonchev–Trinajstić information content (AvgIpc) is 3.11. The molecule has 1 aromatic carbocycles. The van der Waals surface area contributed by atoms with Crippen molar-refractivity contribution in [3.63, 3.8) is 0 Å². The van der Waals surface area contributed by atoms with Gasteiger partial charge in [-0.2, -0.15) is 0 Å². The van der Waals surface area contributed by atoms with Crippen LogP contribution >= 0.6 is 0 Å². The minimum atomic E-state index is -0.770. The fourth-order valence-electron chi connectivity index (χ4n) is 2.63. The highest BCUT2D eigenvalue weighted by atomic mass is 16.4. The summed E-state index contributed by atoms with van der Waals surface area (Å²) >= 11 is 0. The van der Waals surface area contributed by atoms with E-state index in [0.717, 1.165) is 18.5 Å². The maximum Gasteiger partial charge on any atom is 0.325 e. The van der Waals surface area contributed by atoms with Crippen molar-refractivity contribution in [2.75, 3.05) is 6.54 Å². The van der Waals surface area contributed by atoms with Gasteiger partial charge in [0.25, 0.3) is 0 Å². The molecule has 3 heteroatoms. The molecule has 3 nitrogen and oxygen atoms in total. The number of rotatable bonds is 2. The Bertz CT molecular complexity index is 438. The molecule has 84 valence electrons. The van der Waals surface area contributed by atoms with Crippen molar-refractivity contribution in [1.29, 1.82) is 0 Å². The fourth-order valence-corrected chi connectivity index (χ4v) is 2.63. The zero-order chi connectivity index (χ0) is 11.1. The van der Waals surface area contributed by atoms with Gasteiger partial charge < -0.3 is 10.4 Å². The number of fused-ring (bicyclic) bond motifs is 1. The Kier molecular flexibility index (Phi) is 2.21. The fraction of sp³-hybridized carbons (Fsp3) is 0.462. The van der Waals surface area contributed by atoms with Crippen LogP contribution in [0.1, 0.15) is 41.5 Å². The third kappa shape index (κ3) is 1.52. The van der Waals surface area contributed by atoms with Gasteiger partial charge in [0.15, 0.2) is 0 Å². The summed E-state index contributed by atoms with van der Waals surface area (Å²) in [5.41, 5.74) is 3.66. The molecule has 0 radical (unpaired) electrons. The molecule has 1 aromatic rings. The number of hydrogen-bond donors (Lipinski definition) is 2. The number of carbonyl (C=O) groups is 1. The van der Waals surface area contributed by atoms with Crippen molar-refractivity contribution in [2.24, 2.45) is 0 Å². The van der Waals surface area contributed by atoms with Crippen LogP contribution in [0.15, 0.2) is 18.2 Å². The van der Waals surface area contributed by atoms with Gasteiger partial charge in [-0.1, -0.05) is 18.2 Å². The van der Waals surface area contributed by atoms with E-state index in [2.05, 4.69) is 11.4 Å². The maximum atomic E-state index is 11.2. The third-order valence-corrected chi connectivity index (χ3v) is 3.55. The largest absolute Gasteiger partial charge is 0.480 e. The Morgan fingerprint density at radius 1 is 1.31 bits per heavy atom. The standard InChI is InChI=1S/C13H15NO2/c15-13(16)12-11-3-1-2-9(8-4-5-8)10(11)6-7-14-12/h1-3,8,12,14H,4-7H2,(H,15,16). The summed E-state index contributed by atoms with van der Waals surface area (Å²) in [6.45, 7) is 0.772. The lowest BCUT2D eigenvalue weighted by molar-refractivity contribution is -0.139. The lowest BCUT2D eigenvalue weighted by atomic mass is 9.89. The van der Waals surface area contributed by atoms with Crippen LogP contribution in [0.3, 0.4) is 0 Å². The first kappa shape index (κ1) is 9.85. The molecule has 2 aliphatic rings. The molecule has 1 atom stereocenters. The van der Waals surface area contributed by atoms with Crippen LogP contribution in [0.5, 0.6) is 0 Å². The molecular weight excluding hydrogens is 202 g/mol. The van der Waals surface area contributed by atoms with Crippen LogP contribution in [0.4, 0.5) is 0 Å². The molecule has 1 saturated carbocycles. The van der Waals surface area contributed by atoms with Crippen LogP contribution in [-0.2, 0) is 11.2 Å². The van der Waals surface area contributed by atoms with E-state index >= 15 is 0 Å². The van der Waals surface area contributed by atoms with Crippen LogP contribution in [-0.4, -0.2) is 17.6 Å². The van der Waals surface area contributed by atoms with E-state index in [9.17, 15) is 4.79 Å². The predicted molar refractivity (Wildman–Crippen MR) is 60.5 cm³/mol. The lowest BCUT2D eigenvalue weighted by Crippen LogP contribution is -2.35. The van der Waals surface area contributed by atoms with Gasteiger partial charge in [0.05, 0.1) is 0 Å². The molecule has 0 spiro atoms. The van der Waals surface area contributed by atoms with Crippen molar-refractivity contribution in [3.05, 3.63) is 34.9 Å². The molecule has 1 fully saturated rings. The first-order valence-electron chi connectivity index (χ1n) is 5.85. The Hall–Kier alpha value is -1.35. The Morgan fingerprint density at radius 3 is 2.75 bits per heavy atom. The average molecular weight is 217 g/mol. The van der Waals surface area contributed by atoms with Crippen LogP contribution < -0.4 is 5.32 Å². The van der Waals surface area contributed by atoms with Gasteiger partial charge in [-0.15, -0.1) is 0 Å². The summed E-state index contributed by atoms with van der Waals surface area (Å²) in [7, 11) is 0. The van der Waals surface area contributed by atoms with Gasteiger partial charge in [0, 0.05) is 6.54 Å². The van der Waals surface area contributed by atoms with Gasteiger partial charge in [0.1, 0.15) is 6.04 Å². The quantitative estimate of drug-likeness (QED) is 0.794. The Morgan fingerprint density at radius 2 is 2.06 bits per heavy atom. The van der Waals surface area contributed by atoms with Gasteiger partial charge in [0.2, 0.25) is 0 Å². The summed E-state index contributed by atoms with van der Waals surface area (Å²) in [5.74, 6) is -0.0728. The van der Waals surface area contributed by atoms with E-state index < -0.39 is 12.0 Å². The molecule has 0 aromatic heterocycles. The summed E-state index contributed by atoms with van der Waals surface area (Å²) in [4.78, 5) is 11.2. The highest BCUT2D eigenvalue weighted by Crippen LogP contribution is 2.43. The molecule has 1 unspecified atom stereocenters. The Labute approximate surface area is 94.5 Å². The minimum Gasteiger partial charge on any atom is -0.480 e. The third-order valence-electron chi connectivity index (χ3n) is 3.55. The van der Waals surface area contributed by atoms with Crippen LogP contribution in [0, 0.1) is 0 Å². The number of nitrogens with one attached hydrogen (secondary N) is 1. The Balaban J connectivity index is 2.07. The van der Waals surface area contributed by atoms with E-state index in [4.69, 9.17) is 5.11 Å². The van der Waals surface area contributed by atoms with Crippen molar-refractivity contribution in [3.8, 4) is 0 Å². The van der Waals surface area contributed by atoms with E-state index in [1.165, 1.54) is 24.0 Å². The molecule has 1 aliphatic heterocycles. The highest BCUT2D eigenvalue weighted by molar-refractivity contribution is 5.77.